The molecular weight excluding hydrogens is 589 g/mol. The van der Waals surface area contributed by atoms with Crippen LogP contribution in [0.4, 0.5) is 0 Å². The van der Waals surface area contributed by atoms with Crippen molar-refractivity contribution >= 4 is 58.3 Å². The maximum atomic E-state index is 14.7. The lowest BCUT2D eigenvalue weighted by Crippen LogP contribution is -2.60. The first-order valence-corrected chi connectivity index (χ1v) is 15.0. The Morgan fingerprint density at radius 2 is 1.12 bits per heavy atom. The Hall–Kier alpha value is -3.91. The largest absolute Gasteiger partial charge is 0.383 e. The fourth-order valence-corrected chi connectivity index (χ4v) is 8.24. The molecule has 42 heavy (non-hydrogen) atoms. The molecule has 9 heteroatoms. The summed E-state index contributed by atoms with van der Waals surface area (Å²) in [4.78, 5) is 34.9. The summed E-state index contributed by atoms with van der Waals surface area (Å²) in [6, 6.07) is 32.4. The van der Waals surface area contributed by atoms with Crippen molar-refractivity contribution in [3.8, 4) is 0 Å². The zero-order valence-corrected chi connectivity index (χ0v) is 24.4. The van der Waals surface area contributed by atoms with Gasteiger partial charge < -0.3 is 10.6 Å². The Labute approximate surface area is 257 Å². The molecule has 0 saturated carbocycles. The fraction of sp³-hybridized carbons (Fsp3) is 0.152. The Kier molecular flexibility index (Phi) is 7.66. The Balaban J connectivity index is 1.64. The van der Waals surface area contributed by atoms with Crippen LogP contribution >= 0.6 is 35.0 Å². The molecular formula is C33H25Cl2N3O3S. The number of carbonyl (C=O) groups excluding carboxylic acids is 2. The predicted octanol–water partition coefficient (Wildman–Crippen LogP) is 7.79. The third-order valence-corrected chi connectivity index (χ3v) is 10.2. The topological polar surface area (TPSA) is 106 Å². The van der Waals surface area contributed by atoms with Crippen LogP contribution in [0.3, 0.4) is 0 Å². The molecule has 0 bridgehead atoms. The van der Waals surface area contributed by atoms with Crippen molar-refractivity contribution in [2.45, 2.75) is 10.5 Å². The van der Waals surface area contributed by atoms with E-state index < -0.39 is 27.8 Å². The summed E-state index contributed by atoms with van der Waals surface area (Å²) in [5, 5.41) is 13.2. The number of hydrogen-bond acceptors (Lipinski definition) is 7. The van der Waals surface area contributed by atoms with Crippen LogP contribution in [-0.2, 0) is 4.84 Å². The molecule has 4 unspecified atom stereocenters. The first-order valence-electron chi connectivity index (χ1n) is 13.3. The number of nitrogens with two attached hydrogens (primary N) is 1. The average Bonchev–Trinajstić information content (AvgIpc) is 3.30. The first kappa shape index (κ1) is 28.2. The van der Waals surface area contributed by atoms with Gasteiger partial charge in [0.15, 0.2) is 17.4 Å². The predicted molar refractivity (Wildman–Crippen MR) is 167 cm³/mol. The Morgan fingerprint density at radius 1 is 0.714 bits per heavy atom. The van der Waals surface area contributed by atoms with E-state index in [1.54, 1.807) is 48.5 Å². The van der Waals surface area contributed by atoms with Crippen LogP contribution in [0, 0.1) is 22.7 Å². The van der Waals surface area contributed by atoms with Gasteiger partial charge in [0.2, 0.25) is 5.90 Å². The van der Waals surface area contributed by atoms with E-state index >= 15 is 0 Å². The summed E-state index contributed by atoms with van der Waals surface area (Å²) in [5.41, 5.74) is 7.51. The number of benzene rings is 4. The van der Waals surface area contributed by atoms with Gasteiger partial charge >= 0.3 is 0 Å². The molecule has 4 aromatic rings. The van der Waals surface area contributed by atoms with Crippen molar-refractivity contribution < 1.29 is 14.4 Å². The van der Waals surface area contributed by atoms with Crippen molar-refractivity contribution in [3.05, 3.63) is 141 Å². The lowest BCUT2D eigenvalue weighted by Gasteiger charge is -2.51. The number of ketones is 2. The van der Waals surface area contributed by atoms with E-state index in [0.29, 0.717) is 21.2 Å². The highest BCUT2D eigenvalue weighted by atomic mass is 35.5. The summed E-state index contributed by atoms with van der Waals surface area (Å²) >= 11 is 13.8. The number of Topliss-reactive ketones (excluding diaryl/α,β-unsaturated/α-hetero) is 2. The molecule has 2 heterocycles. The van der Waals surface area contributed by atoms with Gasteiger partial charge in [0, 0.05) is 31.7 Å². The van der Waals surface area contributed by atoms with Crippen LogP contribution in [0.5, 0.6) is 0 Å². The van der Waals surface area contributed by atoms with Gasteiger partial charge in [-0.3, -0.25) is 15.0 Å². The second-order valence-corrected chi connectivity index (χ2v) is 12.4. The zero-order valence-electron chi connectivity index (χ0n) is 22.1. The van der Waals surface area contributed by atoms with Gasteiger partial charge in [-0.1, -0.05) is 89.0 Å². The second-order valence-electron chi connectivity index (χ2n) is 10.3. The van der Waals surface area contributed by atoms with Crippen molar-refractivity contribution in [3.63, 3.8) is 0 Å². The van der Waals surface area contributed by atoms with Gasteiger partial charge in [0.05, 0.1) is 11.8 Å². The fourth-order valence-electron chi connectivity index (χ4n) is 6.05. The van der Waals surface area contributed by atoms with Gasteiger partial charge in [-0.2, -0.15) is 0 Å². The van der Waals surface area contributed by atoms with Gasteiger partial charge in [-0.25, -0.2) is 0 Å². The van der Waals surface area contributed by atoms with E-state index in [1.165, 1.54) is 11.8 Å². The minimum absolute atomic E-state index is 0.0747. The van der Waals surface area contributed by atoms with E-state index in [4.69, 9.17) is 33.8 Å². The number of carbonyl (C=O) groups is 2. The SMILES string of the molecule is N=C1ON=C(N)C12C(C(=O)c1ccc(Cl)cc1)C(c1ccccc1)SC(c1ccccc1)C2C(=O)c1ccc(Cl)cc1. The molecule has 2 aliphatic heterocycles. The van der Waals surface area contributed by atoms with Crippen LogP contribution in [0.25, 0.3) is 0 Å². The number of rotatable bonds is 6. The average molecular weight is 615 g/mol. The summed E-state index contributed by atoms with van der Waals surface area (Å²) in [6.45, 7) is 0. The zero-order chi connectivity index (χ0) is 29.4. The summed E-state index contributed by atoms with van der Waals surface area (Å²) < 4.78 is 0. The minimum atomic E-state index is -1.68. The molecule has 1 spiro atoms. The highest BCUT2D eigenvalue weighted by Gasteiger charge is 2.68. The third kappa shape index (κ3) is 4.71. The molecule has 0 aliphatic carbocycles. The highest BCUT2D eigenvalue weighted by Crippen LogP contribution is 2.65. The number of halogens is 2. The van der Waals surface area contributed by atoms with Crippen molar-refractivity contribution in [1.82, 2.24) is 0 Å². The monoisotopic (exact) mass is 613 g/mol. The molecule has 4 aromatic carbocycles. The Bertz CT molecular complexity index is 1570. The molecule has 0 amide bonds. The molecule has 210 valence electrons. The van der Waals surface area contributed by atoms with E-state index in [2.05, 4.69) is 5.16 Å². The number of nitrogens with one attached hydrogen (secondary N) is 1. The molecule has 3 N–H and O–H groups in total. The lowest BCUT2D eigenvalue weighted by molar-refractivity contribution is 0.0706. The van der Waals surface area contributed by atoms with E-state index in [1.807, 2.05) is 60.7 Å². The minimum Gasteiger partial charge on any atom is -0.383 e. The van der Waals surface area contributed by atoms with Crippen LogP contribution < -0.4 is 5.73 Å². The van der Waals surface area contributed by atoms with Gasteiger partial charge in [0.1, 0.15) is 5.41 Å². The summed E-state index contributed by atoms with van der Waals surface area (Å²) in [6.07, 6.45) is 0. The number of oxime groups is 1. The molecule has 6 rings (SSSR count). The van der Waals surface area contributed by atoms with Crippen LogP contribution in [0.1, 0.15) is 42.3 Å². The number of hydrogen-bond donors (Lipinski definition) is 2. The van der Waals surface area contributed by atoms with E-state index in [9.17, 15) is 15.0 Å². The van der Waals surface area contributed by atoms with Crippen molar-refractivity contribution in [2.75, 3.05) is 0 Å². The molecule has 4 atom stereocenters. The number of amidine groups is 1. The van der Waals surface area contributed by atoms with Gasteiger partial charge in [-0.15, -0.1) is 11.8 Å². The highest BCUT2D eigenvalue weighted by molar-refractivity contribution is 7.99. The lowest BCUT2D eigenvalue weighted by atomic mass is 9.57. The number of nitrogens with zero attached hydrogens (tertiary/aromatic N) is 1. The quantitative estimate of drug-likeness (QED) is 0.216. The molecule has 6 nitrogen and oxygen atoms in total. The maximum Gasteiger partial charge on any atom is 0.233 e. The third-order valence-electron chi connectivity index (χ3n) is 7.99. The summed E-state index contributed by atoms with van der Waals surface area (Å²) in [7, 11) is 0. The maximum absolute atomic E-state index is 14.7. The van der Waals surface area contributed by atoms with E-state index in [0.717, 1.165) is 11.1 Å². The van der Waals surface area contributed by atoms with Crippen LogP contribution in [-0.4, -0.2) is 23.3 Å². The molecule has 0 aromatic heterocycles. The smallest absolute Gasteiger partial charge is 0.233 e. The van der Waals surface area contributed by atoms with Crippen LogP contribution in [0.15, 0.2) is 114 Å². The Morgan fingerprint density at radius 3 is 1.48 bits per heavy atom. The standard InChI is InChI=1S/C33H25Cl2N3O3S/c34-23-15-11-19(12-16-23)27(39)25-29(21-7-3-1-4-8-21)42-30(22-9-5-2-6-10-22)26(33(25)31(36)38-41-32(33)37)28(40)20-13-17-24(35)18-14-20/h1-18,25-26,29-30,37H,(H2,36,38). The number of thioether (sulfide) groups is 1. The van der Waals surface area contributed by atoms with E-state index in [-0.39, 0.29) is 23.3 Å². The molecule has 1 fully saturated rings. The van der Waals surface area contributed by atoms with Crippen molar-refractivity contribution in [2.24, 2.45) is 28.1 Å². The van der Waals surface area contributed by atoms with Crippen LogP contribution in [0.2, 0.25) is 10.0 Å². The van der Waals surface area contributed by atoms with Gasteiger partial charge in [-0.05, 0) is 59.7 Å². The van der Waals surface area contributed by atoms with Crippen molar-refractivity contribution in [1.29, 1.82) is 5.41 Å². The molecule has 1 saturated heterocycles. The summed E-state index contributed by atoms with van der Waals surface area (Å²) in [5.74, 6) is -3.00. The first-order chi connectivity index (χ1) is 20.3. The van der Waals surface area contributed by atoms with Gasteiger partial charge in [0.25, 0.3) is 0 Å². The normalized spacial score (nSPS) is 25.1. The second kappa shape index (κ2) is 11.4. The molecule has 2 aliphatic rings. The molecule has 0 radical (unpaired) electrons.